The van der Waals surface area contributed by atoms with Crippen LogP contribution in [0.4, 0.5) is 5.69 Å². The quantitative estimate of drug-likeness (QED) is 0.227. The van der Waals surface area contributed by atoms with E-state index in [-0.39, 0.29) is 34.5 Å². The van der Waals surface area contributed by atoms with Crippen molar-refractivity contribution in [2.45, 2.75) is 13.8 Å². The number of ether oxygens (including phenoxy) is 4. The molecule has 10 heteroatoms. The topological polar surface area (TPSA) is 127 Å². The monoisotopic (exact) mass is 426 g/mol. The molecule has 1 heterocycles. The highest BCUT2D eigenvalue weighted by molar-refractivity contribution is 6.13. The van der Waals surface area contributed by atoms with Crippen molar-refractivity contribution in [2.24, 2.45) is 4.99 Å². The van der Waals surface area contributed by atoms with Gasteiger partial charge in [0.2, 0.25) is 11.6 Å². The van der Waals surface area contributed by atoms with Crippen molar-refractivity contribution >= 4 is 29.6 Å². The van der Waals surface area contributed by atoms with Crippen molar-refractivity contribution in [1.29, 1.82) is 0 Å². The summed E-state index contributed by atoms with van der Waals surface area (Å²) in [5, 5.41) is 11.2. The fourth-order valence-corrected chi connectivity index (χ4v) is 2.86. The Bertz CT molecular complexity index is 1130. The Hall–Kier alpha value is -4.21. The van der Waals surface area contributed by atoms with Crippen molar-refractivity contribution in [3.8, 4) is 17.2 Å². The lowest BCUT2D eigenvalue weighted by Crippen LogP contribution is -2.06. The summed E-state index contributed by atoms with van der Waals surface area (Å²) >= 11 is 0. The zero-order valence-corrected chi connectivity index (χ0v) is 17.1. The number of rotatable bonds is 6. The minimum Gasteiger partial charge on any atom is -0.493 e. The molecular formula is C21H18N2O8. The minimum absolute atomic E-state index is 0.0254. The van der Waals surface area contributed by atoms with Gasteiger partial charge < -0.3 is 18.9 Å². The molecule has 1 aliphatic heterocycles. The average Bonchev–Trinajstić information content (AvgIpc) is 3.08. The largest absolute Gasteiger partial charge is 0.493 e. The number of hydrogen-bond acceptors (Lipinski definition) is 9. The zero-order valence-electron chi connectivity index (χ0n) is 17.1. The summed E-state index contributed by atoms with van der Waals surface area (Å²) in [6, 6.07) is 7.49. The highest BCUT2D eigenvalue weighted by Crippen LogP contribution is 2.39. The number of cyclic esters (lactones) is 1. The minimum atomic E-state index is -0.722. The van der Waals surface area contributed by atoms with Gasteiger partial charge >= 0.3 is 11.9 Å². The van der Waals surface area contributed by atoms with Crippen LogP contribution >= 0.6 is 0 Å². The zero-order chi connectivity index (χ0) is 22.7. The third-order valence-corrected chi connectivity index (χ3v) is 4.31. The van der Waals surface area contributed by atoms with E-state index in [9.17, 15) is 19.7 Å². The number of carbonyl (C=O) groups excluding carboxylic acids is 2. The van der Waals surface area contributed by atoms with E-state index in [0.717, 1.165) is 0 Å². The fraction of sp³-hybridized carbons (Fsp3) is 0.190. The number of methoxy groups -OCH3 is 2. The van der Waals surface area contributed by atoms with Crippen LogP contribution in [0.1, 0.15) is 23.6 Å². The Morgan fingerprint density at radius 1 is 1.16 bits per heavy atom. The van der Waals surface area contributed by atoms with Gasteiger partial charge in [0.15, 0.2) is 17.2 Å². The molecule has 160 valence electrons. The van der Waals surface area contributed by atoms with Crippen molar-refractivity contribution < 1.29 is 33.5 Å². The van der Waals surface area contributed by atoms with Crippen molar-refractivity contribution in [1.82, 2.24) is 0 Å². The van der Waals surface area contributed by atoms with Crippen LogP contribution in [0.5, 0.6) is 17.2 Å². The van der Waals surface area contributed by atoms with Gasteiger partial charge in [0.25, 0.3) is 5.69 Å². The standard InChI is InChI=1S/C21H18N2O8/c1-11-5-6-14(10-16(11)23(26)27)20-22-15(21(25)31-20)7-13-8-17(28-3)19(30-12(2)24)18(9-13)29-4/h5-10H,1-4H3. The van der Waals surface area contributed by atoms with Gasteiger partial charge in [0, 0.05) is 24.1 Å². The summed E-state index contributed by atoms with van der Waals surface area (Å²) < 4.78 is 20.8. The fourth-order valence-electron chi connectivity index (χ4n) is 2.86. The number of benzene rings is 2. The van der Waals surface area contributed by atoms with Crippen LogP contribution in [0.25, 0.3) is 6.08 Å². The van der Waals surface area contributed by atoms with Gasteiger partial charge in [-0.25, -0.2) is 9.79 Å². The molecular weight excluding hydrogens is 408 g/mol. The van der Waals surface area contributed by atoms with Crippen LogP contribution in [-0.4, -0.2) is 37.0 Å². The molecule has 0 spiro atoms. The molecule has 0 amide bonds. The van der Waals surface area contributed by atoms with Crippen molar-refractivity contribution in [3.05, 3.63) is 62.8 Å². The van der Waals surface area contributed by atoms with Crippen LogP contribution in [0, 0.1) is 17.0 Å². The summed E-state index contributed by atoms with van der Waals surface area (Å²) in [7, 11) is 2.78. The van der Waals surface area contributed by atoms with E-state index in [1.165, 1.54) is 45.4 Å². The van der Waals surface area contributed by atoms with Gasteiger partial charge in [0.1, 0.15) is 0 Å². The number of nitro benzene ring substituents is 1. The molecule has 1 aliphatic rings. The number of aryl methyl sites for hydroxylation is 1. The lowest BCUT2D eigenvalue weighted by atomic mass is 10.1. The van der Waals surface area contributed by atoms with E-state index in [1.807, 2.05) is 0 Å². The second-order valence-corrected chi connectivity index (χ2v) is 6.44. The maximum atomic E-state index is 12.3. The predicted octanol–water partition coefficient (Wildman–Crippen LogP) is 3.19. The first-order valence-corrected chi connectivity index (χ1v) is 8.96. The maximum absolute atomic E-state index is 12.3. The number of nitro groups is 1. The Labute approximate surface area is 176 Å². The van der Waals surface area contributed by atoms with Gasteiger partial charge in [-0.1, -0.05) is 6.07 Å². The summed E-state index contributed by atoms with van der Waals surface area (Å²) in [6.07, 6.45) is 1.43. The second kappa shape index (κ2) is 8.66. The second-order valence-electron chi connectivity index (χ2n) is 6.44. The van der Waals surface area contributed by atoms with E-state index >= 15 is 0 Å². The molecule has 0 radical (unpaired) electrons. The molecule has 2 aromatic carbocycles. The lowest BCUT2D eigenvalue weighted by molar-refractivity contribution is -0.385. The number of nitrogens with zero attached hydrogens (tertiary/aromatic N) is 2. The molecule has 0 aromatic heterocycles. The normalized spacial score (nSPS) is 14.1. The molecule has 0 unspecified atom stereocenters. The van der Waals surface area contributed by atoms with E-state index in [0.29, 0.717) is 16.7 Å². The van der Waals surface area contributed by atoms with Crippen molar-refractivity contribution in [3.63, 3.8) is 0 Å². The van der Waals surface area contributed by atoms with Gasteiger partial charge in [-0.05, 0) is 36.8 Å². The van der Waals surface area contributed by atoms with Gasteiger partial charge in [-0.2, -0.15) is 0 Å². The first kappa shape index (κ1) is 21.5. The third kappa shape index (κ3) is 4.53. The molecule has 0 saturated heterocycles. The molecule has 31 heavy (non-hydrogen) atoms. The molecule has 0 atom stereocenters. The number of esters is 2. The number of hydrogen-bond donors (Lipinski definition) is 0. The van der Waals surface area contributed by atoms with Crippen LogP contribution in [0.15, 0.2) is 41.0 Å². The molecule has 0 bridgehead atoms. The molecule has 0 saturated carbocycles. The van der Waals surface area contributed by atoms with E-state index in [2.05, 4.69) is 4.99 Å². The van der Waals surface area contributed by atoms with Crippen LogP contribution in [0.3, 0.4) is 0 Å². The van der Waals surface area contributed by atoms with Gasteiger partial charge in [-0.15, -0.1) is 0 Å². The van der Waals surface area contributed by atoms with Crippen LogP contribution < -0.4 is 14.2 Å². The van der Waals surface area contributed by atoms with Gasteiger partial charge in [-0.3, -0.25) is 14.9 Å². The average molecular weight is 426 g/mol. The lowest BCUT2D eigenvalue weighted by Gasteiger charge is -2.13. The molecule has 0 N–H and O–H groups in total. The Morgan fingerprint density at radius 3 is 2.35 bits per heavy atom. The summed E-state index contributed by atoms with van der Waals surface area (Å²) in [5.41, 5.74) is 1.11. The van der Waals surface area contributed by atoms with Crippen LogP contribution in [0.2, 0.25) is 0 Å². The molecule has 0 aliphatic carbocycles. The number of carbonyl (C=O) groups is 2. The molecule has 2 aromatic rings. The summed E-state index contributed by atoms with van der Waals surface area (Å²) in [6.45, 7) is 2.85. The first-order valence-electron chi connectivity index (χ1n) is 8.96. The predicted molar refractivity (Wildman–Crippen MR) is 109 cm³/mol. The Morgan fingerprint density at radius 2 is 1.81 bits per heavy atom. The number of aliphatic imine (C=N–C) groups is 1. The van der Waals surface area contributed by atoms with Gasteiger partial charge in [0.05, 0.1) is 19.1 Å². The summed E-state index contributed by atoms with van der Waals surface area (Å²) in [5.74, 6) is -0.791. The SMILES string of the molecule is COc1cc(C=C2N=C(c3ccc(C)c([N+](=O)[O-])c3)OC2=O)cc(OC)c1OC(C)=O. The summed E-state index contributed by atoms with van der Waals surface area (Å²) in [4.78, 5) is 38.5. The molecule has 10 nitrogen and oxygen atoms in total. The Balaban J connectivity index is 2.01. The van der Waals surface area contributed by atoms with Crippen LogP contribution in [-0.2, 0) is 14.3 Å². The van der Waals surface area contributed by atoms with Crippen molar-refractivity contribution in [2.75, 3.05) is 14.2 Å². The maximum Gasteiger partial charge on any atom is 0.363 e. The Kier molecular flexibility index (Phi) is 6.00. The third-order valence-electron chi connectivity index (χ3n) is 4.31. The smallest absolute Gasteiger partial charge is 0.363 e. The van der Waals surface area contributed by atoms with E-state index in [4.69, 9.17) is 18.9 Å². The molecule has 0 fully saturated rings. The molecule has 3 rings (SSSR count). The van der Waals surface area contributed by atoms with E-state index in [1.54, 1.807) is 19.1 Å². The highest BCUT2D eigenvalue weighted by Gasteiger charge is 2.26. The van der Waals surface area contributed by atoms with E-state index < -0.39 is 16.9 Å². The first-order chi connectivity index (χ1) is 14.7. The highest BCUT2D eigenvalue weighted by atomic mass is 16.6.